The number of rotatable bonds is 8. The van der Waals surface area contributed by atoms with Crippen LogP contribution in [0.2, 0.25) is 0 Å². The van der Waals surface area contributed by atoms with Crippen molar-refractivity contribution in [1.82, 2.24) is 4.90 Å². The number of ether oxygens (including phenoxy) is 1. The summed E-state index contributed by atoms with van der Waals surface area (Å²) in [5.74, 6) is -0.886. The first-order valence-electron chi connectivity index (χ1n) is 7.06. The minimum atomic E-state index is -0.950. The van der Waals surface area contributed by atoms with Crippen LogP contribution in [0.1, 0.15) is 37.6 Å². The van der Waals surface area contributed by atoms with Gasteiger partial charge in [0.15, 0.2) is 12.4 Å². The number of benzene rings is 1. The van der Waals surface area contributed by atoms with Crippen LogP contribution in [0.25, 0.3) is 0 Å². The van der Waals surface area contributed by atoms with Crippen LogP contribution in [-0.4, -0.2) is 46.9 Å². The third kappa shape index (κ3) is 5.55. The average molecular weight is 307 g/mol. The third-order valence-corrected chi connectivity index (χ3v) is 3.11. The zero-order chi connectivity index (χ0) is 16.7. The number of ketones is 1. The van der Waals surface area contributed by atoms with E-state index in [2.05, 4.69) is 0 Å². The molecule has 0 aliphatic carbocycles. The average Bonchev–Trinajstić information content (AvgIpc) is 2.44. The highest BCUT2D eigenvalue weighted by Gasteiger charge is 2.18. The van der Waals surface area contributed by atoms with Gasteiger partial charge in [-0.05, 0) is 32.9 Å². The SMILES string of the molecule is CC(=O)c1cccc(OCC(=O)N(CCC(=O)O)C(C)C)c1. The molecule has 0 aromatic heterocycles. The van der Waals surface area contributed by atoms with Crippen molar-refractivity contribution in [2.75, 3.05) is 13.2 Å². The fourth-order valence-electron chi connectivity index (χ4n) is 1.92. The maximum absolute atomic E-state index is 12.1. The van der Waals surface area contributed by atoms with Crippen LogP contribution in [0, 0.1) is 0 Å². The normalized spacial score (nSPS) is 10.4. The molecule has 120 valence electrons. The molecule has 0 aliphatic rings. The van der Waals surface area contributed by atoms with Gasteiger partial charge >= 0.3 is 5.97 Å². The second-order valence-corrected chi connectivity index (χ2v) is 5.20. The second kappa shape index (κ2) is 8.17. The molecule has 22 heavy (non-hydrogen) atoms. The van der Waals surface area contributed by atoms with Crippen molar-refractivity contribution in [3.63, 3.8) is 0 Å². The van der Waals surface area contributed by atoms with E-state index in [9.17, 15) is 14.4 Å². The fraction of sp³-hybridized carbons (Fsp3) is 0.438. The van der Waals surface area contributed by atoms with Gasteiger partial charge in [0.1, 0.15) is 5.75 Å². The zero-order valence-corrected chi connectivity index (χ0v) is 13.0. The van der Waals surface area contributed by atoms with Crippen LogP contribution < -0.4 is 4.74 Å². The van der Waals surface area contributed by atoms with Gasteiger partial charge in [-0.2, -0.15) is 0 Å². The lowest BCUT2D eigenvalue weighted by atomic mass is 10.1. The first kappa shape index (κ1) is 17.7. The van der Waals surface area contributed by atoms with E-state index in [0.29, 0.717) is 11.3 Å². The predicted molar refractivity (Wildman–Crippen MR) is 81.0 cm³/mol. The second-order valence-electron chi connectivity index (χ2n) is 5.20. The standard InChI is InChI=1S/C16H21NO5/c1-11(2)17(8-7-16(20)21)15(19)10-22-14-6-4-5-13(9-14)12(3)18/h4-6,9,11H,7-8,10H2,1-3H3,(H,20,21). The molecule has 0 unspecified atom stereocenters. The first-order valence-corrected chi connectivity index (χ1v) is 7.06. The summed E-state index contributed by atoms with van der Waals surface area (Å²) >= 11 is 0. The number of Topliss-reactive ketones (excluding diaryl/α,β-unsaturated/α-hetero) is 1. The zero-order valence-electron chi connectivity index (χ0n) is 13.0. The number of carboxylic acid groups (broad SMARTS) is 1. The molecule has 0 aliphatic heterocycles. The highest BCUT2D eigenvalue weighted by molar-refractivity contribution is 5.94. The maximum atomic E-state index is 12.1. The highest BCUT2D eigenvalue weighted by atomic mass is 16.5. The molecule has 0 fully saturated rings. The van der Waals surface area contributed by atoms with Crippen molar-refractivity contribution in [3.05, 3.63) is 29.8 Å². The lowest BCUT2D eigenvalue weighted by Gasteiger charge is -2.26. The van der Waals surface area contributed by atoms with Gasteiger partial charge in [-0.3, -0.25) is 14.4 Å². The van der Waals surface area contributed by atoms with E-state index in [1.54, 1.807) is 24.3 Å². The van der Waals surface area contributed by atoms with Crippen molar-refractivity contribution < 1.29 is 24.2 Å². The monoisotopic (exact) mass is 307 g/mol. The summed E-state index contributed by atoms with van der Waals surface area (Å²) in [4.78, 5) is 35.5. The summed E-state index contributed by atoms with van der Waals surface area (Å²) in [6, 6.07) is 6.48. The van der Waals surface area contributed by atoms with Gasteiger partial charge in [0.2, 0.25) is 0 Å². The Kier molecular flexibility index (Phi) is 6.56. The van der Waals surface area contributed by atoms with E-state index < -0.39 is 5.97 Å². The Morgan fingerprint density at radius 3 is 2.50 bits per heavy atom. The highest BCUT2D eigenvalue weighted by Crippen LogP contribution is 2.14. The smallest absolute Gasteiger partial charge is 0.305 e. The molecule has 1 aromatic carbocycles. The molecule has 1 N–H and O–H groups in total. The largest absolute Gasteiger partial charge is 0.484 e. The van der Waals surface area contributed by atoms with Gasteiger partial charge < -0.3 is 14.7 Å². The molecule has 0 radical (unpaired) electrons. The molecule has 0 saturated carbocycles. The molecule has 0 bridgehead atoms. The molecular formula is C16H21NO5. The number of carboxylic acids is 1. The quantitative estimate of drug-likeness (QED) is 0.742. The number of nitrogens with zero attached hydrogens (tertiary/aromatic N) is 1. The number of hydrogen-bond donors (Lipinski definition) is 1. The van der Waals surface area contributed by atoms with Crippen LogP contribution in [0.4, 0.5) is 0 Å². The molecule has 6 nitrogen and oxygen atoms in total. The van der Waals surface area contributed by atoms with Crippen LogP contribution in [-0.2, 0) is 9.59 Å². The van der Waals surface area contributed by atoms with Crippen LogP contribution in [0.5, 0.6) is 5.75 Å². The molecular weight excluding hydrogens is 286 g/mol. The van der Waals surface area contributed by atoms with Crippen molar-refractivity contribution >= 4 is 17.7 Å². The van der Waals surface area contributed by atoms with E-state index in [-0.39, 0.29) is 37.3 Å². The topological polar surface area (TPSA) is 83.9 Å². The minimum Gasteiger partial charge on any atom is -0.484 e. The van der Waals surface area contributed by atoms with Gasteiger partial charge in [-0.1, -0.05) is 12.1 Å². The van der Waals surface area contributed by atoms with Crippen LogP contribution in [0.15, 0.2) is 24.3 Å². The van der Waals surface area contributed by atoms with Gasteiger partial charge in [0.05, 0.1) is 6.42 Å². The Balaban J connectivity index is 2.64. The third-order valence-electron chi connectivity index (χ3n) is 3.11. The molecule has 0 spiro atoms. The number of amides is 1. The van der Waals surface area contributed by atoms with Crippen molar-refractivity contribution in [2.45, 2.75) is 33.2 Å². The molecule has 1 rings (SSSR count). The van der Waals surface area contributed by atoms with Gasteiger partial charge in [-0.15, -0.1) is 0 Å². The Bertz CT molecular complexity index is 553. The van der Waals surface area contributed by atoms with Crippen LogP contribution >= 0.6 is 0 Å². The van der Waals surface area contributed by atoms with E-state index in [4.69, 9.17) is 9.84 Å². The summed E-state index contributed by atoms with van der Waals surface area (Å²) in [7, 11) is 0. The molecule has 6 heteroatoms. The molecule has 0 heterocycles. The Labute approximate surface area is 129 Å². The fourth-order valence-corrected chi connectivity index (χ4v) is 1.92. The Morgan fingerprint density at radius 2 is 1.95 bits per heavy atom. The Morgan fingerprint density at radius 1 is 1.27 bits per heavy atom. The predicted octanol–water partition coefficient (Wildman–Crippen LogP) is 1.98. The van der Waals surface area contributed by atoms with E-state index in [1.807, 2.05) is 13.8 Å². The summed E-state index contributed by atoms with van der Waals surface area (Å²) < 4.78 is 5.41. The maximum Gasteiger partial charge on any atom is 0.305 e. The molecule has 0 atom stereocenters. The molecule has 1 aromatic rings. The van der Waals surface area contributed by atoms with Gasteiger partial charge in [0.25, 0.3) is 5.91 Å². The lowest BCUT2D eigenvalue weighted by molar-refractivity contribution is -0.139. The molecule has 1 amide bonds. The lowest BCUT2D eigenvalue weighted by Crippen LogP contribution is -2.41. The van der Waals surface area contributed by atoms with E-state index in [1.165, 1.54) is 11.8 Å². The van der Waals surface area contributed by atoms with Crippen molar-refractivity contribution in [1.29, 1.82) is 0 Å². The minimum absolute atomic E-state index is 0.0814. The number of carbonyl (C=O) groups is 3. The number of hydrogen-bond acceptors (Lipinski definition) is 4. The van der Waals surface area contributed by atoms with E-state index in [0.717, 1.165) is 0 Å². The van der Waals surface area contributed by atoms with Crippen LogP contribution in [0.3, 0.4) is 0 Å². The Hall–Kier alpha value is -2.37. The van der Waals surface area contributed by atoms with Gasteiger partial charge in [-0.25, -0.2) is 0 Å². The van der Waals surface area contributed by atoms with Crippen molar-refractivity contribution in [3.8, 4) is 5.75 Å². The molecule has 0 saturated heterocycles. The number of carbonyl (C=O) groups excluding carboxylic acids is 2. The summed E-state index contributed by atoms with van der Waals surface area (Å²) in [5, 5.41) is 8.72. The summed E-state index contributed by atoms with van der Waals surface area (Å²) in [6.45, 7) is 5.03. The van der Waals surface area contributed by atoms with E-state index >= 15 is 0 Å². The van der Waals surface area contributed by atoms with Gasteiger partial charge in [0, 0.05) is 18.2 Å². The van der Waals surface area contributed by atoms with Crippen molar-refractivity contribution in [2.24, 2.45) is 0 Å². The first-order chi connectivity index (χ1) is 10.3. The summed E-state index contributed by atoms with van der Waals surface area (Å²) in [6.07, 6.45) is -0.107. The number of aliphatic carboxylic acids is 1. The summed E-state index contributed by atoms with van der Waals surface area (Å²) in [5.41, 5.74) is 0.511.